The molecule has 2 N–H and O–H groups in total. The molecule has 3 heteroatoms. The molecule has 2 rings (SSSR count). The van der Waals surface area contributed by atoms with Gasteiger partial charge in [0.1, 0.15) is 5.82 Å². The highest BCUT2D eigenvalue weighted by Crippen LogP contribution is 2.18. The van der Waals surface area contributed by atoms with Crippen LogP contribution in [0.25, 0.3) is 0 Å². The Kier molecular flexibility index (Phi) is 4.12. The second kappa shape index (κ2) is 5.60. The summed E-state index contributed by atoms with van der Waals surface area (Å²) in [4.78, 5) is 0. The van der Waals surface area contributed by atoms with Crippen molar-refractivity contribution < 1.29 is 4.39 Å². The van der Waals surface area contributed by atoms with E-state index in [1.165, 1.54) is 15.7 Å². The lowest BCUT2D eigenvalue weighted by Gasteiger charge is -2.12. The molecule has 0 aromatic heterocycles. The first-order chi connectivity index (χ1) is 8.15. The number of halogens is 2. The number of hydrogen-bond donors (Lipinski definition) is 1. The van der Waals surface area contributed by atoms with Gasteiger partial charge in [0, 0.05) is 9.61 Å². The minimum Gasteiger partial charge on any atom is -0.324 e. The van der Waals surface area contributed by atoms with Gasteiger partial charge in [-0.25, -0.2) is 4.39 Å². The first-order valence-corrected chi connectivity index (χ1v) is 6.48. The summed E-state index contributed by atoms with van der Waals surface area (Å²) >= 11 is 2.27. The van der Waals surface area contributed by atoms with E-state index in [-0.39, 0.29) is 11.9 Å². The quantitative estimate of drug-likeness (QED) is 0.847. The largest absolute Gasteiger partial charge is 0.324 e. The average Bonchev–Trinajstić information content (AvgIpc) is 2.32. The lowest BCUT2D eigenvalue weighted by Crippen LogP contribution is -2.13. The Hall–Kier alpha value is -0.940. The molecule has 0 aliphatic rings. The Morgan fingerprint density at radius 2 is 1.82 bits per heavy atom. The Labute approximate surface area is 114 Å². The maximum atomic E-state index is 12.8. The topological polar surface area (TPSA) is 26.0 Å². The van der Waals surface area contributed by atoms with Gasteiger partial charge in [-0.05, 0) is 64.4 Å². The van der Waals surface area contributed by atoms with E-state index in [9.17, 15) is 4.39 Å². The normalized spacial score (nSPS) is 12.4. The van der Waals surface area contributed by atoms with Gasteiger partial charge in [0.2, 0.25) is 0 Å². The van der Waals surface area contributed by atoms with E-state index in [0.29, 0.717) is 0 Å². The second-order valence-electron chi connectivity index (χ2n) is 3.99. The molecule has 0 aliphatic heterocycles. The van der Waals surface area contributed by atoms with E-state index >= 15 is 0 Å². The van der Waals surface area contributed by atoms with Crippen LogP contribution in [0.5, 0.6) is 0 Å². The average molecular weight is 341 g/mol. The molecule has 88 valence electrons. The van der Waals surface area contributed by atoms with Crippen LogP contribution >= 0.6 is 22.6 Å². The zero-order chi connectivity index (χ0) is 12.3. The molecular formula is C14H13FIN. The van der Waals surface area contributed by atoms with Gasteiger partial charge in [0.05, 0.1) is 0 Å². The van der Waals surface area contributed by atoms with Crippen molar-refractivity contribution in [3.63, 3.8) is 0 Å². The summed E-state index contributed by atoms with van der Waals surface area (Å²) in [6.07, 6.45) is 0.723. The van der Waals surface area contributed by atoms with Crippen LogP contribution < -0.4 is 5.73 Å². The van der Waals surface area contributed by atoms with Crippen LogP contribution in [0.2, 0.25) is 0 Å². The van der Waals surface area contributed by atoms with Crippen molar-refractivity contribution in [2.75, 3.05) is 0 Å². The lowest BCUT2D eigenvalue weighted by molar-refractivity contribution is 0.625. The molecule has 0 amide bonds. The van der Waals surface area contributed by atoms with Gasteiger partial charge >= 0.3 is 0 Å². The van der Waals surface area contributed by atoms with Gasteiger partial charge in [-0.2, -0.15) is 0 Å². The fraction of sp³-hybridized carbons (Fsp3) is 0.143. The Morgan fingerprint density at radius 1 is 1.12 bits per heavy atom. The van der Waals surface area contributed by atoms with Crippen LogP contribution in [0.3, 0.4) is 0 Å². The molecule has 0 fully saturated rings. The molecule has 0 spiro atoms. The third-order valence-electron chi connectivity index (χ3n) is 2.65. The van der Waals surface area contributed by atoms with Crippen molar-refractivity contribution >= 4 is 22.6 Å². The van der Waals surface area contributed by atoms with Crippen molar-refractivity contribution in [2.24, 2.45) is 5.73 Å². The molecule has 2 aromatic carbocycles. The second-order valence-corrected chi connectivity index (χ2v) is 5.24. The maximum Gasteiger partial charge on any atom is 0.123 e. The monoisotopic (exact) mass is 341 g/mol. The summed E-state index contributed by atoms with van der Waals surface area (Å²) in [6.45, 7) is 0. The van der Waals surface area contributed by atoms with Crippen molar-refractivity contribution in [3.05, 3.63) is 69.0 Å². The van der Waals surface area contributed by atoms with Crippen LogP contribution in [0.15, 0.2) is 48.5 Å². The van der Waals surface area contributed by atoms with Crippen molar-refractivity contribution in [2.45, 2.75) is 12.5 Å². The minimum absolute atomic E-state index is 0.0461. The van der Waals surface area contributed by atoms with Crippen molar-refractivity contribution in [1.29, 1.82) is 0 Å². The third kappa shape index (κ3) is 3.51. The number of rotatable bonds is 3. The first-order valence-electron chi connectivity index (χ1n) is 5.40. The van der Waals surface area contributed by atoms with Crippen LogP contribution in [-0.2, 0) is 6.42 Å². The Bertz CT molecular complexity index is 496. The zero-order valence-electron chi connectivity index (χ0n) is 9.24. The molecule has 1 nitrogen and oxygen atoms in total. The molecule has 0 saturated carbocycles. The maximum absolute atomic E-state index is 12.8. The van der Waals surface area contributed by atoms with Crippen molar-refractivity contribution in [1.82, 2.24) is 0 Å². The molecule has 0 saturated heterocycles. The molecular weight excluding hydrogens is 328 g/mol. The summed E-state index contributed by atoms with van der Waals surface area (Å²) < 4.78 is 13.9. The molecule has 2 aromatic rings. The van der Waals surface area contributed by atoms with Gasteiger partial charge in [-0.3, -0.25) is 0 Å². The van der Waals surface area contributed by atoms with Gasteiger partial charge in [-0.1, -0.05) is 24.3 Å². The fourth-order valence-electron chi connectivity index (χ4n) is 1.73. The van der Waals surface area contributed by atoms with Crippen LogP contribution in [-0.4, -0.2) is 0 Å². The SMILES string of the molecule is NC(Cc1ccc(F)cc1)c1cccc(I)c1. The van der Waals surface area contributed by atoms with E-state index in [1.54, 1.807) is 12.1 Å². The van der Waals surface area contributed by atoms with Crippen LogP contribution in [0.4, 0.5) is 4.39 Å². The molecule has 0 bridgehead atoms. The predicted octanol–water partition coefficient (Wildman–Crippen LogP) is 3.67. The summed E-state index contributed by atoms with van der Waals surface area (Å²) in [6, 6.07) is 14.6. The highest BCUT2D eigenvalue weighted by atomic mass is 127. The van der Waals surface area contributed by atoms with Gasteiger partial charge < -0.3 is 5.73 Å². The summed E-state index contributed by atoms with van der Waals surface area (Å²) in [5.41, 5.74) is 8.30. The molecule has 0 aliphatic carbocycles. The standard InChI is InChI=1S/C14H13FIN/c15-12-6-4-10(5-7-12)8-14(17)11-2-1-3-13(16)9-11/h1-7,9,14H,8,17H2. The van der Waals surface area contributed by atoms with E-state index in [4.69, 9.17) is 5.73 Å². The van der Waals surface area contributed by atoms with Gasteiger partial charge in [0.25, 0.3) is 0 Å². The smallest absolute Gasteiger partial charge is 0.123 e. The number of hydrogen-bond acceptors (Lipinski definition) is 1. The van der Waals surface area contributed by atoms with E-state index in [2.05, 4.69) is 28.7 Å². The number of nitrogens with two attached hydrogens (primary N) is 1. The number of benzene rings is 2. The summed E-state index contributed by atoms with van der Waals surface area (Å²) in [5.74, 6) is -0.211. The molecule has 1 atom stereocenters. The third-order valence-corrected chi connectivity index (χ3v) is 3.32. The minimum atomic E-state index is -0.211. The fourth-order valence-corrected chi connectivity index (χ4v) is 2.30. The highest BCUT2D eigenvalue weighted by molar-refractivity contribution is 14.1. The molecule has 17 heavy (non-hydrogen) atoms. The van der Waals surface area contributed by atoms with Crippen molar-refractivity contribution in [3.8, 4) is 0 Å². The molecule has 1 unspecified atom stereocenters. The molecule has 0 heterocycles. The lowest BCUT2D eigenvalue weighted by atomic mass is 10.00. The summed E-state index contributed by atoms with van der Waals surface area (Å²) in [5, 5.41) is 0. The Balaban J connectivity index is 2.11. The zero-order valence-corrected chi connectivity index (χ0v) is 11.4. The van der Waals surface area contributed by atoms with Gasteiger partial charge in [0.15, 0.2) is 0 Å². The van der Waals surface area contributed by atoms with E-state index < -0.39 is 0 Å². The molecule has 0 radical (unpaired) electrons. The van der Waals surface area contributed by atoms with Gasteiger partial charge in [-0.15, -0.1) is 0 Å². The van der Waals surface area contributed by atoms with Crippen LogP contribution in [0.1, 0.15) is 17.2 Å². The van der Waals surface area contributed by atoms with E-state index in [0.717, 1.165) is 17.5 Å². The summed E-state index contributed by atoms with van der Waals surface area (Å²) in [7, 11) is 0. The van der Waals surface area contributed by atoms with E-state index in [1.807, 2.05) is 18.2 Å². The Morgan fingerprint density at radius 3 is 2.47 bits per heavy atom. The van der Waals surface area contributed by atoms with Crippen LogP contribution in [0, 0.1) is 9.39 Å². The highest BCUT2D eigenvalue weighted by Gasteiger charge is 2.07. The predicted molar refractivity (Wildman–Crippen MR) is 76.2 cm³/mol. The first kappa shape index (κ1) is 12.5.